The highest BCUT2D eigenvalue weighted by Crippen LogP contribution is 2.42. The van der Waals surface area contributed by atoms with Crippen molar-refractivity contribution in [3.63, 3.8) is 0 Å². The van der Waals surface area contributed by atoms with Crippen LogP contribution in [0.5, 0.6) is 5.75 Å². The Balaban J connectivity index is 1.48. The molecule has 0 amide bonds. The lowest BCUT2D eigenvalue weighted by Gasteiger charge is -2.40. The fourth-order valence-electron chi connectivity index (χ4n) is 5.43. The standard InChI is InChI=1S/C27H30F5N3O2/c1-27(32,15-36)14-35-8-5-19-20-9-16(29)3-4-23(20)33-25(19)26(35)24-21(30)10-17(11-22(24)31)37-18-12-34(13-18)7-2-6-28/h3-4,9-11,18,26,33,36H,2,5-8,12-15H2,1H3. The van der Waals surface area contributed by atoms with Gasteiger partial charge in [0.2, 0.25) is 0 Å². The number of benzene rings is 2. The normalized spacial score (nSPS) is 20.6. The Labute approximate surface area is 211 Å². The maximum atomic E-state index is 15.6. The average molecular weight is 524 g/mol. The molecule has 5 nitrogen and oxygen atoms in total. The molecule has 0 bridgehead atoms. The fourth-order valence-corrected chi connectivity index (χ4v) is 5.43. The molecule has 1 aromatic heterocycles. The summed E-state index contributed by atoms with van der Waals surface area (Å²) in [5.74, 6) is -2.08. The Kier molecular flexibility index (Phi) is 7.17. The summed E-state index contributed by atoms with van der Waals surface area (Å²) >= 11 is 0. The first-order chi connectivity index (χ1) is 17.7. The number of nitrogens with one attached hydrogen (secondary N) is 1. The predicted octanol–water partition coefficient (Wildman–Crippen LogP) is 4.68. The molecule has 0 spiro atoms. The van der Waals surface area contributed by atoms with E-state index in [1.54, 1.807) is 11.0 Å². The van der Waals surface area contributed by atoms with Gasteiger partial charge in [0, 0.05) is 67.0 Å². The van der Waals surface area contributed by atoms with E-state index in [9.17, 15) is 18.3 Å². The van der Waals surface area contributed by atoms with Gasteiger partial charge in [0.05, 0.1) is 19.3 Å². The monoisotopic (exact) mass is 523 g/mol. The molecule has 1 saturated heterocycles. The third-order valence-electron chi connectivity index (χ3n) is 7.21. The van der Waals surface area contributed by atoms with Crippen LogP contribution in [-0.4, -0.2) is 77.7 Å². The van der Waals surface area contributed by atoms with Crippen molar-refractivity contribution in [2.45, 2.75) is 37.6 Å². The third kappa shape index (κ3) is 5.19. The molecule has 0 aliphatic carbocycles. The average Bonchev–Trinajstić information content (AvgIpc) is 3.18. The summed E-state index contributed by atoms with van der Waals surface area (Å²) in [5, 5.41) is 10.1. The SMILES string of the molecule is CC(F)(CO)CN1CCc2c([nH]c3ccc(F)cc23)C1c1c(F)cc(OC2CN(CCCF)C2)cc1F. The van der Waals surface area contributed by atoms with Crippen LogP contribution in [0.3, 0.4) is 0 Å². The van der Waals surface area contributed by atoms with Crippen LogP contribution in [0.25, 0.3) is 10.9 Å². The lowest BCUT2D eigenvalue weighted by molar-refractivity contribution is 0.0179. The number of fused-ring (bicyclic) bond motifs is 3. The van der Waals surface area contributed by atoms with E-state index < -0.39 is 42.4 Å². The highest BCUT2D eigenvalue weighted by atomic mass is 19.2. The number of likely N-dealkylation sites (tertiary alicyclic amines) is 1. The quantitative estimate of drug-likeness (QED) is 0.400. The van der Waals surface area contributed by atoms with Gasteiger partial charge < -0.3 is 14.8 Å². The molecule has 5 rings (SSSR count). The molecule has 2 N–H and O–H groups in total. The first kappa shape index (κ1) is 25.9. The van der Waals surface area contributed by atoms with Crippen molar-refractivity contribution in [1.29, 1.82) is 0 Å². The van der Waals surface area contributed by atoms with Gasteiger partial charge in [-0.2, -0.15) is 0 Å². The van der Waals surface area contributed by atoms with E-state index >= 15 is 8.78 Å². The summed E-state index contributed by atoms with van der Waals surface area (Å²) in [6.07, 6.45) is 0.600. The highest BCUT2D eigenvalue weighted by Gasteiger charge is 2.39. The van der Waals surface area contributed by atoms with Gasteiger partial charge in [0.15, 0.2) is 0 Å². The summed E-state index contributed by atoms with van der Waals surface area (Å²) in [7, 11) is 0. The smallest absolute Gasteiger partial charge is 0.143 e. The van der Waals surface area contributed by atoms with Gasteiger partial charge in [-0.15, -0.1) is 0 Å². The zero-order chi connectivity index (χ0) is 26.3. The van der Waals surface area contributed by atoms with E-state index in [2.05, 4.69) is 4.98 Å². The number of nitrogens with zero attached hydrogens (tertiary/aromatic N) is 2. The highest BCUT2D eigenvalue weighted by molar-refractivity contribution is 5.85. The number of halogens is 5. The third-order valence-corrected chi connectivity index (χ3v) is 7.21. The van der Waals surface area contributed by atoms with Crippen molar-refractivity contribution in [2.24, 2.45) is 0 Å². The first-order valence-electron chi connectivity index (χ1n) is 12.5. The van der Waals surface area contributed by atoms with E-state index in [1.807, 2.05) is 4.90 Å². The molecule has 200 valence electrons. The van der Waals surface area contributed by atoms with Gasteiger partial charge >= 0.3 is 0 Å². The Bertz CT molecular complexity index is 1250. The van der Waals surface area contributed by atoms with Gasteiger partial charge in [-0.05, 0) is 43.5 Å². The maximum Gasteiger partial charge on any atom is 0.143 e. The van der Waals surface area contributed by atoms with Crippen LogP contribution < -0.4 is 4.74 Å². The molecule has 0 radical (unpaired) electrons. The van der Waals surface area contributed by atoms with Gasteiger partial charge in [-0.1, -0.05) is 0 Å². The number of aromatic nitrogens is 1. The Morgan fingerprint density at radius 2 is 1.86 bits per heavy atom. The molecule has 2 aliphatic rings. The van der Waals surface area contributed by atoms with Crippen LogP contribution in [0.15, 0.2) is 30.3 Å². The number of aromatic amines is 1. The van der Waals surface area contributed by atoms with Crippen molar-refractivity contribution in [1.82, 2.24) is 14.8 Å². The minimum absolute atomic E-state index is 0.0425. The predicted molar refractivity (Wildman–Crippen MR) is 130 cm³/mol. The second kappa shape index (κ2) is 10.2. The van der Waals surface area contributed by atoms with Crippen LogP contribution in [0.4, 0.5) is 22.0 Å². The van der Waals surface area contributed by atoms with Gasteiger partial charge in [0.1, 0.15) is 35.0 Å². The van der Waals surface area contributed by atoms with Gasteiger partial charge in [0.25, 0.3) is 0 Å². The van der Waals surface area contributed by atoms with E-state index in [0.717, 1.165) is 17.7 Å². The molecule has 1 fully saturated rings. The van der Waals surface area contributed by atoms with Crippen LogP contribution in [0, 0.1) is 17.5 Å². The minimum atomic E-state index is -2.00. The second-order valence-electron chi connectivity index (χ2n) is 10.2. The molecule has 37 heavy (non-hydrogen) atoms. The largest absolute Gasteiger partial charge is 0.488 e. The molecule has 2 aromatic carbocycles. The zero-order valence-corrected chi connectivity index (χ0v) is 20.5. The van der Waals surface area contributed by atoms with Crippen LogP contribution in [0.2, 0.25) is 0 Å². The Hall–Kier alpha value is -2.69. The minimum Gasteiger partial charge on any atom is -0.488 e. The molecular formula is C27H30F5N3O2. The van der Waals surface area contributed by atoms with E-state index in [-0.39, 0.29) is 30.5 Å². The molecule has 3 heterocycles. The Morgan fingerprint density at radius 1 is 1.14 bits per heavy atom. The van der Waals surface area contributed by atoms with Crippen molar-refractivity contribution in [2.75, 3.05) is 46.0 Å². The summed E-state index contributed by atoms with van der Waals surface area (Å²) in [6, 6.07) is 5.47. The zero-order valence-electron chi connectivity index (χ0n) is 20.5. The van der Waals surface area contributed by atoms with E-state index in [4.69, 9.17) is 4.74 Å². The molecular weight excluding hydrogens is 493 g/mol. The summed E-state index contributed by atoms with van der Waals surface area (Å²) in [4.78, 5) is 6.78. The number of alkyl halides is 2. The van der Waals surface area contributed by atoms with Gasteiger partial charge in [-0.3, -0.25) is 14.2 Å². The molecule has 2 unspecified atom stereocenters. The lowest BCUT2D eigenvalue weighted by atomic mass is 9.90. The second-order valence-corrected chi connectivity index (χ2v) is 10.2. The number of rotatable bonds is 9. The number of H-pyrrole nitrogens is 1. The maximum absolute atomic E-state index is 15.6. The van der Waals surface area contributed by atoms with Crippen molar-refractivity contribution in [3.05, 3.63) is 64.6 Å². The number of aliphatic hydroxyl groups excluding tert-OH is 1. The number of aliphatic hydroxyl groups is 1. The van der Waals surface area contributed by atoms with Crippen molar-refractivity contribution >= 4 is 10.9 Å². The first-order valence-corrected chi connectivity index (χ1v) is 12.5. The summed E-state index contributed by atoms with van der Waals surface area (Å²) < 4.78 is 78.2. The van der Waals surface area contributed by atoms with Crippen LogP contribution >= 0.6 is 0 Å². The lowest BCUT2D eigenvalue weighted by Crippen LogP contribution is -2.53. The summed E-state index contributed by atoms with van der Waals surface area (Å²) in [6.45, 7) is 1.79. The van der Waals surface area contributed by atoms with E-state index in [0.29, 0.717) is 49.1 Å². The van der Waals surface area contributed by atoms with Gasteiger partial charge in [-0.25, -0.2) is 17.6 Å². The van der Waals surface area contributed by atoms with Crippen LogP contribution in [0.1, 0.15) is 36.2 Å². The fraction of sp³-hybridized carbons (Fsp3) is 0.481. The van der Waals surface area contributed by atoms with Crippen molar-refractivity contribution < 1.29 is 31.8 Å². The Morgan fingerprint density at radius 3 is 2.54 bits per heavy atom. The number of hydrogen-bond acceptors (Lipinski definition) is 4. The molecule has 2 aliphatic heterocycles. The number of hydrogen-bond donors (Lipinski definition) is 2. The molecule has 0 saturated carbocycles. The van der Waals surface area contributed by atoms with E-state index in [1.165, 1.54) is 19.1 Å². The molecule has 2 atom stereocenters. The summed E-state index contributed by atoms with van der Waals surface area (Å²) in [5.41, 5.74) is -0.460. The van der Waals surface area contributed by atoms with Crippen molar-refractivity contribution in [3.8, 4) is 5.75 Å². The number of ether oxygens (including phenoxy) is 1. The van der Waals surface area contributed by atoms with Crippen LogP contribution in [-0.2, 0) is 6.42 Å². The molecule has 10 heteroatoms. The molecule has 3 aromatic rings. The topological polar surface area (TPSA) is 51.7 Å².